The highest BCUT2D eigenvalue weighted by Crippen LogP contribution is 2.31. The number of rotatable bonds is 5. The molecule has 5 rings (SSSR count). The smallest absolute Gasteiger partial charge is 0.261 e. The summed E-state index contributed by atoms with van der Waals surface area (Å²) in [6.07, 6.45) is 0. The average Bonchev–Trinajstić information content (AvgIpc) is 3.07. The van der Waals surface area contributed by atoms with Gasteiger partial charge in [-0.15, -0.1) is 0 Å². The standard InChI is InChI=1S/C25H25N3O3/c1-31-19-10-9-18-5-4-8-23(22(18)17-19)27-14-11-26(12-15-27)13-16-28-24(29)20-6-2-3-7-21(20)25(28)30/h2-10,17H,11-16H2,1H3. The zero-order valence-electron chi connectivity index (χ0n) is 17.6. The third-order valence-electron chi connectivity index (χ3n) is 6.30. The highest BCUT2D eigenvalue weighted by atomic mass is 16.5. The molecule has 31 heavy (non-hydrogen) atoms. The quantitative estimate of drug-likeness (QED) is 0.599. The van der Waals surface area contributed by atoms with Crippen LogP contribution in [0.2, 0.25) is 0 Å². The Labute approximate surface area is 181 Å². The maximum atomic E-state index is 12.6. The van der Waals surface area contributed by atoms with Crippen LogP contribution in [0.3, 0.4) is 0 Å². The minimum absolute atomic E-state index is 0.177. The van der Waals surface area contributed by atoms with Crippen LogP contribution >= 0.6 is 0 Å². The predicted molar refractivity (Wildman–Crippen MR) is 121 cm³/mol. The first kappa shape index (κ1) is 19.6. The fourth-order valence-corrected chi connectivity index (χ4v) is 4.53. The van der Waals surface area contributed by atoms with Crippen molar-refractivity contribution in [1.82, 2.24) is 9.80 Å². The Morgan fingerprint density at radius 3 is 2.19 bits per heavy atom. The van der Waals surface area contributed by atoms with Crippen LogP contribution in [0.15, 0.2) is 60.7 Å². The Bertz CT molecular complexity index is 1120. The van der Waals surface area contributed by atoms with E-state index >= 15 is 0 Å². The van der Waals surface area contributed by atoms with E-state index in [0.29, 0.717) is 24.2 Å². The van der Waals surface area contributed by atoms with Gasteiger partial charge in [0.1, 0.15) is 5.75 Å². The number of carbonyl (C=O) groups excluding carboxylic acids is 2. The zero-order chi connectivity index (χ0) is 21.4. The molecule has 0 N–H and O–H groups in total. The fourth-order valence-electron chi connectivity index (χ4n) is 4.53. The molecule has 0 bridgehead atoms. The summed E-state index contributed by atoms with van der Waals surface area (Å²) >= 11 is 0. The Morgan fingerprint density at radius 1 is 0.806 bits per heavy atom. The van der Waals surface area contributed by atoms with Crippen molar-refractivity contribution in [2.24, 2.45) is 0 Å². The molecule has 0 aromatic heterocycles. The van der Waals surface area contributed by atoms with Gasteiger partial charge in [-0.3, -0.25) is 19.4 Å². The van der Waals surface area contributed by atoms with Crippen molar-refractivity contribution in [3.63, 3.8) is 0 Å². The van der Waals surface area contributed by atoms with Crippen LogP contribution in [-0.2, 0) is 0 Å². The van der Waals surface area contributed by atoms with Gasteiger partial charge < -0.3 is 9.64 Å². The average molecular weight is 415 g/mol. The minimum Gasteiger partial charge on any atom is -0.497 e. The molecule has 2 aliphatic rings. The number of amides is 2. The zero-order valence-corrected chi connectivity index (χ0v) is 17.6. The number of hydrogen-bond donors (Lipinski definition) is 0. The molecule has 2 amide bonds. The summed E-state index contributed by atoms with van der Waals surface area (Å²) in [6.45, 7) is 4.71. The first-order valence-electron chi connectivity index (χ1n) is 10.6. The molecule has 1 fully saturated rings. The van der Waals surface area contributed by atoms with E-state index in [1.807, 2.05) is 6.07 Å². The number of hydrogen-bond acceptors (Lipinski definition) is 5. The number of ether oxygens (including phenoxy) is 1. The summed E-state index contributed by atoms with van der Waals surface area (Å²) in [5.74, 6) is 0.507. The molecular formula is C25H25N3O3. The third-order valence-corrected chi connectivity index (χ3v) is 6.30. The van der Waals surface area contributed by atoms with Gasteiger partial charge in [-0.1, -0.05) is 30.3 Å². The predicted octanol–water partition coefficient (Wildman–Crippen LogP) is 3.27. The van der Waals surface area contributed by atoms with E-state index in [-0.39, 0.29) is 11.8 Å². The molecule has 6 nitrogen and oxygen atoms in total. The van der Waals surface area contributed by atoms with Gasteiger partial charge in [0, 0.05) is 50.3 Å². The van der Waals surface area contributed by atoms with Crippen LogP contribution in [-0.4, -0.2) is 68.0 Å². The minimum atomic E-state index is -0.177. The van der Waals surface area contributed by atoms with Crippen molar-refractivity contribution in [2.75, 3.05) is 51.3 Å². The highest BCUT2D eigenvalue weighted by Gasteiger charge is 2.35. The van der Waals surface area contributed by atoms with Gasteiger partial charge in [0.2, 0.25) is 0 Å². The fraction of sp³-hybridized carbons (Fsp3) is 0.280. The first-order chi connectivity index (χ1) is 15.2. The Hall–Kier alpha value is -3.38. The summed E-state index contributed by atoms with van der Waals surface area (Å²) in [4.78, 5) is 31.2. The number of piperazine rings is 1. The number of carbonyl (C=O) groups is 2. The van der Waals surface area contributed by atoms with Crippen molar-refractivity contribution in [2.45, 2.75) is 0 Å². The maximum Gasteiger partial charge on any atom is 0.261 e. The Kier molecular flexibility index (Phi) is 5.08. The summed E-state index contributed by atoms with van der Waals surface area (Å²) in [5.41, 5.74) is 2.25. The number of methoxy groups -OCH3 is 1. The van der Waals surface area contributed by atoms with E-state index in [2.05, 4.69) is 40.1 Å². The molecule has 1 saturated heterocycles. The van der Waals surface area contributed by atoms with Crippen molar-refractivity contribution < 1.29 is 14.3 Å². The molecule has 3 aromatic rings. The number of nitrogens with zero attached hydrogens (tertiary/aromatic N) is 3. The molecule has 2 heterocycles. The summed E-state index contributed by atoms with van der Waals surface area (Å²) in [6, 6.07) is 19.6. The molecule has 6 heteroatoms. The molecule has 0 spiro atoms. The number of benzene rings is 3. The van der Waals surface area contributed by atoms with Crippen LogP contribution in [0.1, 0.15) is 20.7 Å². The van der Waals surface area contributed by atoms with E-state index in [0.717, 1.165) is 31.9 Å². The molecule has 158 valence electrons. The first-order valence-corrected chi connectivity index (χ1v) is 10.6. The second-order valence-electron chi connectivity index (χ2n) is 8.00. The van der Waals surface area contributed by atoms with E-state index in [1.54, 1.807) is 31.4 Å². The second kappa shape index (κ2) is 8.04. The summed E-state index contributed by atoms with van der Waals surface area (Å²) in [5, 5.41) is 2.40. The van der Waals surface area contributed by atoms with Crippen molar-refractivity contribution >= 4 is 28.3 Å². The van der Waals surface area contributed by atoms with Gasteiger partial charge in [0.05, 0.1) is 18.2 Å². The van der Waals surface area contributed by atoms with E-state index in [1.165, 1.54) is 21.4 Å². The summed E-state index contributed by atoms with van der Waals surface area (Å²) < 4.78 is 5.42. The van der Waals surface area contributed by atoms with Gasteiger partial charge >= 0.3 is 0 Å². The lowest BCUT2D eigenvalue weighted by atomic mass is 10.1. The molecule has 0 atom stereocenters. The van der Waals surface area contributed by atoms with Gasteiger partial charge in [-0.25, -0.2) is 0 Å². The van der Waals surface area contributed by atoms with Gasteiger partial charge in [-0.05, 0) is 35.7 Å². The van der Waals surface area contributed by atoms with Crippen LogP contribution < -0.4 is 9.64 Å². The lowest BCUT2D eigenvalue weighted by molar-refractivity contribution is 0.0635. The monoisotopic (exact) mass is 415 g/mol. The van der Waals surface area contributed by atoms with Crippen molar-refractivity contribution in [3.05, 3.63) is 71.8 Å². The molecule has 2 aliphatic heterocycles. The third kappa shape index (κ3) is 3.53. The highest BCUT2D eigenvalue weighted by molar-refractivity contribution is 6.21. The van der Waals surface area contributed by atoms with E-state index < -0.39 is 0 Å². The maximum absolute atomic E-state index is 12.6. The molecule has 0 unspecified atom stereocenters. The topological polar surface area (TPSA) is 53.1 Å². The lowest BCUT2D eigenvalue weighted by Crippen LogP contribution is -2.49. The molecule has 3 aromatic carbocycles. The van der Waals surface area contributed by atoms with Crippen molar-refractivity contribution in [1.29, 1.82) is 0 Å². The van der Waals surface area contributed by atoms with E-state index in [9.17, 15) is 9.59 Å². The molecule has 0 aliphatic carbocycles. The van der Waals surface area contributed by atoms with Gasteiger partial charge in [0.15, 0.2) is 0 Å². The van der Waals surface area contributed by atoms with Crippen molar-refractivity contribution in [3.8, 4) is 5.75 Å². The van der Waals surface area contributed by atoms with Crippen LogP contribution in [0, 0.1) is 0 Å². The second-order valence-corrected chi connectivity index (χ2v) is 8.00. The van der Waals surface area contributed by atoms with Crippen LogP contribution in [0.4, 0.5) is 5.69 Å². The van der Waals surface area contributed by atoms with Gasteiger partial charge in [-0.2, -0.15) is 0 Å². The largest absolute Gasteiger partial charge is 0.497 e. The molecule has 0 radical (unpaired) electrons. The van der Waals surface area contributed by atoms with Crippen LogP contribution in [0.5, 0.6) is 5.75 Å². The number of anilines is 1. The molecule has 0 saturated carbocycles. The SMILES string of the molecule is COc1ccc2cccc(N3CCN(CCN4C(=O)c5ccccc5C4=O)CC3)c2c1. The molecular weight excluding hydrogens is 390 g/mol. The summed E-state index contributed by atoms with van der Waals surface area (Å²) in [7, 11) is 1.69. The Balaban J connectivity index is 1.23. The van der Waals surface area contributed by atoms with E-state index in [4.69, 9.17) is 4.74 Å². The normalized spacial score (nSPS) is 16.8. The Morgan fingerprint density at radius 2 is 1.52 bits per heavy atom. The van der Waals surface area contributed by atoms with Crippen LogP contribution in [0.25, 0.3) is 10.8 Å². The van der Waals surface area contributed by atoms with Gasteiger partial charge in [0.25, 0.3) is 11.8 Å². The number of imide groups is 1. The lowest BCUT2D eigenvalue weighted by Gasteiger charge is -2.37. The number of fused-ring (bicyclic) bond motifs is 2.